The molecule has 1 aromatic carbocycles. The minimum absolute atomic E-state index is 0.0319. The Balaban J connectivity index is 2.61. The second-order valence-electron chi connectivity index (χ2n) is 3.75. The Bertz CT molecular complexity index is 581. The van der Waals surface area contributed by atoms with Crippen molar-refractivity contribution in [2.75, 3.05) is 0 Å². The summed E-state index contributed by atoms with van der Waals surface area (Å²) >= 11 is 6.25. The molecule has 8 heteroatoms. The van der Waals surface area contributed by atoms with Crippen LogP contribution in [0.2, 0.25) is 0 Å². The zero-order valence-corrected chi connectivity index (χ0v) is 12.1. The van der Waals surface area contributed by atoms with Crippen LogP contribution in [0.25, 0.3) is 6.08 Å². The lowest BCUT2D eigenvalue weighted by Gasteiger charge is -2.27. The van der Waals surface area contributed by atoms with E-state index in [-0.39, 0.29) is 11.3 Å². The molecule has 1 atom stereocenters. The molecular formula is C11H5Br2F3O3. The van der Waals surface area contributed by atoms with Gasteiger partial charge in [-0.3, -0.25) is 0 Å². The number of hydrogen-bond donors (Lipinski definition) is 1. The molecule has 19 heavy (non-hydrogen) atoms. The molecule has 0 spiro atoms. The van der Waals surface area contributed by atoms with Crippen molar-refractivity contribution in [2.24, 2.45) is 0 Å². The molecule has 1 aliphatic rings. The van der Waals surface area contributed by atoms with Crippen molar-refractivity contribution in [3.8, 4) is 5.75 Å². The third kappa shape index (κ3) is 2.79. The Morgan fingerprint density at radius 1 is 1.32 bits per heavy atom. The number of benzene rings is 1. The number of rotatable bonds is 1. The van der Waals surface area contributed by atoms with Crippen molar-refractivity contribution in [2.45, 2.75) is 12.3 Å². The van der Waals surface area contributed by atoms with Gasteiger partial charge in [-0.1, -0.05) is 15.9 Å². The molecule has 1 aromatic rings. The second-order valence-corrected chi connectivity index (χ2v) is 5.52. The van der Waals surface area contributed by atoms with Gasteiger partial charge >= 0.3 is 12.1 Å². The normalized spacial score (nSPS) is 18.4. The third-order valence-electron chi connectivity index (χ3n) is 2.41. The van der Waals surface area contributed by atoms with Gasteiger partial charge in [-0.05, 0) is 34.1 Å². The number of hydrogen-bond acceptors (Lipinski definition) is 2. The van der Waals surface area contributed by atoms with Gasteiger partial charge in [-0.25, -0.2) is 4.79 Å². The molecular weight excluding hydrogens is 397 g/mol. The van der Waals surface area contributed by atoms with E-state index in [2.05, 4.69) is 31.9 Å². The van der Waals surface area contributed by atoms with E-state index in [1.54, 1.807) is 0 Å². The molecule has 0 aliphatic carbocycles. The van der Waals surface area contributed by atoms with Crippen LogP contribution in [0.4, 0.5) is 13.2 Å². The minimum Gasteiger partial charge on any atom is -0.478 e. The monoisotopic (exact) mass is 400 g/mol. The maximum Gasteiger partial charge on any atom is 0.430 e. The molecule has 0 saturated heterocycles. The molecule has 0 radical (unpaired) electrons. The summed E-state index contributed by atoms with van der Waals surface area (Å²) < 4.78 is 44.1. The van der Waals surface area contributed by atoms with Crippen LogP contribution < -0.4 is 4.74 Å². The first-order chi connectivity index (χ1) is 8.70. The van der Waals surface area contributed by atoms with Crippen molar-refractivity contribution in [1.82, 2.24) is 0 Å². The first-order valence-corrected chi connectivity index (χ1v) is 6.46. The van der Waals surface area contributed by atoms with Gasteiger partial charge in [0.05, 0.1) is 10.0 Å². The summed E-state index contributed by atoms with van der Waals surface area (Å²) in [7, 11) is 0. The third-order valence-corrected chi connectivity index (χ3v) is 3.46. The highest BCUT2D eigenvalue weighted by molar-refractivity contribution is 9.11. The van der Waals surface area contributed by atoms with Gasteiger partial charge in [0.2, 0.25) is 6.10 Å². The Labute approximate surface area is 122 Å². The van der Waals surface area contributed by atoms with E-state index in [4.69, 9.17) is 9.84 Å². The average Bonchev–Trinajstić information content (AvgIpc) is 2.25. The van der Waals surface area contributed by atoms with Crippen molar-refractivity contribution in [1.29, 1.82) is 0 Å². The zero-order chi connectivity index (χ0) is 14.4. The summed E-state index contributed by atoms with van der Waals surface area (Å²) in [5.41, 5.74) is -0.579. The van der Waals surface area contributed by atoms with Gasteiger partial charge in [0, 0.05) is 10.0 Å². The Kier molecular flexibility index (Phi) is 3.65. The number of halogens is 5. The number of alkyl halides is 3. The lowest BCUT2D eigenvalue weighted by atomic mass is 10.0. The molecule has 0 saturated carbocycles. The number of aliphatic carboxylic acids is 1. The number of fused-ring (bicyclic) bond motifs is 1. The molecule has 102 valence electrons. The van der Waals surface area contributed by atoms with Crippen molar-refractivity contribution >= 4 is 43.9 Å². The van der Waals surface area contributed by atoms with Crippen LogP contribution in [-0.2, 0) is 4.79 Å². The van der Waals surface area contributed by atoms with Crippen LogP contribution >= 0.6 is 31.9 Å². The molecule has 0 unspecified atom stereocenters. The Morgan fingerprint density at radius 3 is 2.47 bits per heavy atom. The molecule has 0 aromatic heterocycles. The molecule has 1 N–H and O–H groups in total. The predicted molar refractivity (Wildman–Crippen MR) is 67.9 cm³/mol. The lowest BCUT2D eigenvalue weighted by Crippen LogP contribution is -2.40. The van der Waals surface area contributed by atoms with E-state index in [0.29, 0.717) is 8.95 Å². The van der Waals surface area contributed by atoms with E-state index < -0.39 is 23.8 Å². The maximum absolute atomic E-state index is 12.8. The first-order valence-electron chi connectivity index (χ1n) is 4.87. The van der Waals surface area contributed by atoms with Crippen LogP contribution in [0.3, 0.4) is 0 Å². The van der Waals surface area contributed by atoms with Crippen LogP contribution in [0.15, 0.2) is 26.7 Å². The highest BCUT2D eigenvalue weighted by Crippen LogP contribution is 2.42. The van der Waals surface area contributed by atoms with Crippen molar-refractivity contribution < 1.29 is 27.8 Å². The fourth-order valence-corrected chi connectivity index (χ4v) is 3.01. The number of carboxylic acid groups (broad SMARTS) is 1. The second kappa shape index (κ2) is 4.82. The predicted octanol–water partition coefficient (Wildman–Crippen LogP) is 4.00. The molecule has 1 heterocycles. The standard InChI is InChI=1S/C11H5Br2F3O3/c12-5-1-4-2-6(10(17)18)9(11(14,15)16)19-8(4)7(13)3-5/h1-3,9H,(H,17,18)/t9-/m0/s1. The summed E-state index contributed by atoms with van der Waals surface area (Å²) in [6.07, 6.45) is -6.31. The highest BCUT2D eigenvalue weighted by Gasteiger charge is 2.48. The number of carbonyl (C=O) groups is 1. The van der Waals surface area contributed by atoms with Crippen LogP contribution in [0, 0.1) is 0 Å². The molecule has 0 bridgehead atoms. The summed E-state index contributed by atoms with van der Waals surface area (Å²) in [4.78, 5) is 10.9. The van der Waals surface area contributed by atoms with Gasteiger partial charge in [-0.2, -0.15) is 13.2 Å². The van der Waals surface area contributed by atoms with Gasteiger partial charge in [0.15, 0.2) is 0 Å². The SMILES string of the molecule is O=C(O)C1=Cc2cc(Br)cc(Br)c2O[C@@H]1C(F)(F)F. The molecule has 1 aliphatic heterocycles. The lowest BCUT2D eigenvalue weighted by molar-refractivity contribution is -0.187. The van der Waals surface area contributed by atoms with Gasteiger partial charge in [0.25, 0.3) is 0 Å². The smallest absolute Gasteiger partial charge is 0.430 e. The minimum atomic E-state index is -4.80. The summed E-state index contributed by atoms with van der Waals surface area (Å²) in [5, 5.41) is 8.86. The van der Waals surface area contributed by atoms with Gasteiger partial charge in [0.1, 0.15) is 5.75 Å². The fourth-order valence-electron chi connectivity index (χ4n) is 1.65. The van der Waals surface area contributed by atoms with Crippen LogP contribution in [-0.4, -0.2) is 23.4 Å². The highest BCUT2D eigenvalue weighted by atomic mass is 79.9. The topological polar surface area (TPSA) is 46.5 Å². The largest absolute Gasteiger partial charge is 0.478 e. The molecule has 3 nitrogen and oxygen atoms in total. The summed E-state index contributed by atoms with van der Waals surface area (Å²) in [5.74, 6) is -1.69. The molecule has 0 amide bonds. The van der Waals surface area contributed by atoms with Gasteiger partial charge in [-0.15, -0.1) is 0 Å². The van der Waals surface area contributed by atoms with Gasteiger partial charge < -0.3 is 9.84 Å². The Hall–Kier alpha value is -1.02. The van der Waals surface area contributed by atoms with Crippen molar-refractivity contribution in [3.63, 3.8) is 0 Å². The zero-order valence-electron chi connectivity index (χ0n) is 8.96. The molecule has 0 fully saturated rings. The first kappa shape index (κ1) is 14.4. The van der Waals surface area contributed by atoms with E-state index >= 15 is 0 Å². The maximum atomic E-state index is 12.8. The Morgan fingerprint density at radius 2 is 1.95 bits per heavy atom. The number of carboxylic acids is 1. The average molecular weight is 402 g/mol. The van der Waals surface area contributed by atoms with E-state index in [9.17, 15) is 18.0 Å². The summed E-state index contributed by atoms with van der Waals surface area (Å²) in [6.45, 7) is 0. The van der Waals surface area contributed by atoms with Crippen molar-refractivity contribution in [3.05, 3.63) is 32.2 Å². The summed E-state index contributed by atoms with van der Waals surface area (Å²) in [6, 6.07) is 3.00. The molecule has 2 rings (SSSR count). The fraction of sp³-hybridized carbons (Fsp3) is 0.182. The van der Waals surface area contributed by atoms with Crippen LogP contribution in [0.1, 0.15) is 5.56 Å². The van der Waals surface area contributed by atoms with Crippen LogP contribution in [0.5, 0.6) is 5.75 Å². The van der Waals surface area contributed by atoms with E-state index in [0.717, 1.165) is 6.08 Å². The quantitative estimate of drug-likeness (QED) is 0.773. The van der Waals surface area contributed by atoms with E-state index in [1.165, 1.54) is 12.1 Å². The number of ether oxygens (including phenoxy) is 1. The van der Waals surface area contributed by atoms with E-state index in [1.807, 2.05) is 0 Å².